The molecule has 9 N–H and O–H groups in total. The Balaban J connectivity index is 0.786. The smallest absolute Gasteiger partial charge is 0.343 e. The Hall–Kier alpha value is -8.75. The summed E-state index contributed by atoms with van der Waals surface area (Å²) in [5.74, 6) is -8.57. The van der Waals surface area contributed by atoms with E-state index >= 15 is 4.39 Å². The van der Waals surface area contributed by atoms with Gasteiger partial charge in [-0.2, -0.15) is 0 Å². The first kappa shape index (κ1) is 57.0. The summed E-state index contributed by atoms with van der Waals surface area (Å²) in [5, 5.41) is 38.9. The molecule has 4 atom stereocenters. The number of aromatic nitrogens is 2. The molecule has 0 radical (unpaired) electrons. The average Bonchev–Trinajstić information content (AvgIpc) is 4.19. The number of ether oxygens (including phenoxy) is 2. The summed E-state index contributed by atoms with van der Waals surface area (Å²) in [6.45, 7) is -0.285. The minimum absolute atomic E-state index is 0.0178. The summed E-state index contributed by atoms with van der Waals surface area (Å²) in [6.07, 6.45) is 4.29. The zero-order chi connectivity index (χ0) is 57.9. The summed E-state index contributed by atoms with van der Waals surface area (Å²) in [4.78, 5) is 148. The van der Waals surface area contributed by atoms with E-state index in [4.69, 9.17) is 19.6 Å². The van der Waals surface area contributed by atoms with Crippen molar-refractivity contribution < 1.29 is 72.0 Å². The molecule has 5 heterocycles. The number of carboxylic acids is 1. The second kappa shape index (κ2) is 23.5. The number of benzene rings is 2. The molecule has 2 aliphatic carbocycles. The molecule has 0 saturated heterocycles. The van der Waals surface area contributed by atoms with Crippen LogP contribution in [0.3, 0.4) is 0 Å². The zero-order valence-electron chi connectivity index (χ0n) is 44.2. The number of aliphatic hydroxyl groups is 1. The molecule has 9 rings (SSSR count). The van der Waals surface area contributed by atoms with Crippen LogP contribution in [-0.4, -0.2) is 142 Å². The Kier molecular flexibility index (Phi) is 16.5. The maximum atomic E-state index is 15.5. The van der Waals surface area contributed by atoms with Crippen LogP contribution in [0.5, 0.6) is 0 Å². The van der Waals surface area contributed by atoms with Crippen molar-refractivity contribution in [1.82, 2.24) is 51.7 Å². The highest BCUT2D eigenvalue weighted by Crippen LogP contribution is 2.47. The minimum atomic E-state index is -2.06. The molecule has 0 bridgehead atoms. The molecule has 5 aliphatic rings. The third-order valence-corrected chi connectivity index (χ3v) is 15.5. The van der Waals surface area contributed by atoms with Crippen LogP contribution in [0, 0.1) is 18.2 Å². The van der Waals surface area contributed by atoms with Crippen molar-refractivity contribution in [2.45, 2.75) is 95.7 Å². The van der Waals surface area contributed by atoms with E-state index in [-0.39, 0.29) is 56.4 Å². The number of hydrogen-bond donors (Lipinski definition) is 9. The molecule has 0 unspecified atom stereocenters. The van der Waals surface area contributed by atoms with Crippen molar-refractivity contribution in [2.24, 2.45) is 5.41 Å². The molecule has 4 aromatic rings. The third kappa shape index (κ3) is 11.5. The minimum Gasteiger partial charge on any atom is -0.480 e. The molecule has 2 aromatic heterocycles. The van der Waals surface area contributed by atoms with E-state index in [0.29, 0.717) is 75.1 Å². The van der Waals surface area contributed by atoms with Gasteiger partial charge in [0.15, 0.2) is 5.60 Å². The molecule has 3 aliphatic heterocycles. The van der Waals surface area contributed by atoms with Gasteiger partial charge in [-0.25, -0.2) is 14.2 Å². The number of carbonyl (C=O) groups is 10. The van der Waals surface area contributed by atoms with Crippen LogP contribution in [0.4, 0.5) is 4.39 Å². The summed E-state index contributed by atoms with van der Waals surface area (Å²) >= 11 is 0. The zero-order valence-corrected chi connectivity index (χ0v) is 44.2. The van der Waals surface area contributed by atoms with Gasteiger partial charge in [-0.1, -0.05) is 43.7 Å². The van der Waals surface area contributed by atoms with Gasteiger partial charge in [0.1, 0.15) is 31.2 Å². The number of imide groups is 1. The fourth-order valence-electron chi connectivity index (χ4n) is 10.9. The number of aliphatic carboxylic acids is 1. The van der Waals surface area contributed by atoms with E-state index in [0.717, 1.165) is 24.1 Å². The molecule has 0 spiro atoms. The van der Waals surface area contributed by atoms with E-state index < -0.39 is 127 Å². The van der Waals surface area contributed by atoms with Gasteiger partial charge in [0.2, 0.25) is 35.4 Å². The Labute approximate surface area is 460 Å². The monoisotopic (exact) mass is 1120 g/mol. The summed E-state index contributed by atoms with van der Waals surface area (Å²) < 4.78 is 28.2. The molecule has 426 valence electrons. The summed E-state index contributed by atoms with van der Waals surface area (Å²) in [5.41, 5.74) is 1.00. The highest BCUT2D eigenvalue weighted by molar-refractivity contribution is 6.15. The summed E-state index contributed by atoms with van der Waals surface area (Å²) in [7, 11) is 0. The number of aryl methyl sites for hydroxylation is 1. The number of nitrogens with zero attached hydrogens (tertiary/aromatic N) is 3. The Morgan fingerprint density at radius 3 is 2.25 bits per heavy atom. The molecule has 26 heteroatoms. The van der Waals surface area contributed by atoms with E-state index in [1.807, 2.05) is 0 Å². The fraction of sp³-hybridized carbons (Fsp3) is 0.418. The third-order valence-electron chi connectivity index (χ3n) is 15.5. The predicted molar refractivity (Wildman–Crippen MR) is 280 cm³/mol. The Morgan fingerprint density at radius 2 is 1.57 bits per heavy atom. The molecule has 2 aromatic carbocycles. The first-order valence-corrected chi connectivity index (χ1v) is 26.3. The second-order valence-electron chi connectivity index (χ2n) is 20.5. The largest absolute Gasteiger partial charge is 0.480 e. The maximum Gasteiger partial charge on any atom is 0.343 e. The van der Waals surface area contributed by atoms with Crippen LogP contribution < -0.4 is 42.8 Å². The molecule has 81 heavy (non-hydrogen) atoms. The number of fused-ring (bicyclic) bond motifs is 5. The van der Waals surface area contributed by atoms with Crippen LogP contribution in [-0.2, 0) is 89.0 Å². The van der Waals surface area contributed by atoms with Gasteiger partial charge in [0, 0.05) is 47.7 Å². The Morgan fingerprint density at radius 1 is 0.877 bits per heavy atom. The number of cyclic esters (lactones) is 1. The lowest BCUT2D eigenvalue weighted by atomic mass is 9.68. The van der Waals surface area contributed by atoms with Crippen LogP contribution >= 0.6 is 0 Å². The fourth-order valence-corrected chi connectivity index (χ4v) is 10.9. The number of carbonyl (C=O) groups excluding carboxylic acids is 9. The first-order chi connectivity index (χ1) is 38.7. The van der Waals surface area contributed by atoms with Crippen molar-refractivity contribution in [3.63, 3.8) is 0 Å². The number of nitrogens with one attached hydrogen (secondary N) is 7. The number of pyridine rings is 2. The van der Waals surface area contributed by atoms with E-state index in [9.17, 15) is 57.8 Å². The van der Waals surface area contributed by atoms with Crippen molar-refractivity contribution in [1.29, 1.82) is 0 Å². The number of amides is 8. The normalized spacial score (nSPS) is 18.8. The van der Waals surface area contributed by atoms with Crippen LogP contribution in [0.2, 0.25) is 0 Å². The van der Waals surface area contributed by atoms with Crippen molar-refractivity contribution in [2.75, 3.05) is 46.1 Å². The highest BCUT2D eigenvalue weighted by atomic mass is 19.1. The number of carboxylic acid groups (broad SMARTS) is 1. The molecule has 1 saturated carbocycles. The van der Waals surface area contributed by atoms with Gasteiger partial charge >= 0.3 is 11.9 Å². The Bertz CT molecular complexity index is 3380. The second-order valence-corrected chi connectivity index (χ2v) is 20.5. The molecule has 1 fully saturated rings. The SMILES string of the molecule is CC[C@@]1(O)C(=O)OCc2c1cc1n(c2=O)Cc2c-1nc1cc(F)c(C)c3c1c2[C@H](NC(=O)C1(COCNC(=O)CNC(=O)[C@H](Cc2ccccc2)NC(=O)CNC(=O)CNC(=O)[C@H](CNCC(=O)O)N2C(=O)C=CC2=O)CCC1)CC3. The molecule has 25 nitrogen and oxygen atoms in total. The van der Waals surface area contributed by atoms with Gasteiger partial charge in [0.25, 0.3) is 17.4 Å². The van der Waals surface area contributed by atoms with Crippen LogP contribution in [0.15, 0.2) is 59.4 Å². The van der Waals surface area contributed by atoms with Gasteiger partial charge in [-0.3, -0.25) is 52.8 Å². The molecular formula is C55H59FN10O15. The summed E-state index contributed by atoms with van der Waals surface area (Å²) in [6, 6.07) is 8.20. The number of rotatable bonds is 23. The van der Waals surface area contributed by atoms with Gasteiger partial charge in [0.05, 0.1) is 73.3 Å². The number of halogens is 1. The van der Waals surface area contributed by atoms with Crippen LogP contribution in [0.1, 0.15) is 84.0 Å². The van der Waals surface area contributed by atoms with E-state index in [1.54, 1.807) is 50.2 Å². The topological polar surface area (TPSA) is 352 Å². The molecular weight excluding hydrogens is 1060 g/mol. The van der Waals surface area contributed by atoms with E-state index in [2.05, 4.69) is 37.2 Å². The average molecular weight is 1120 g/mol. The predicted octanol–water partition coefficient (Wildman–Crippen LogP) is -1.06. The van der Waals surface area contributed by atoms with Crippen LogP contribution in [0.25, 0.3) is 22.3 Å². The van der Waals surface area contributed by atoms with Crippen molar-refractivity contribution >= 4 is 70.1 Å². The van der Waals surface area contributed by atoms with Gasteiger partial charge in [-0.05, 0) is 67.3 Å². The lowest BCUT2D eigenvalue weighted by Crippen LogP contribution is -2.56. The lowest BCUT2D eigenvalue weighted by molar-refractivity contribution is -0.172. The van der Waals surface area contributed by atoms with Crippen molar-refractivity contribution in [3.8, 4) is 11.4 Å². The van der Waals surface area contributed by atoms with Gasteiger partial charge < -0.3 is 61.5 Å². The highest BCUT2D eigenvalue weighted by Gasteiger charge is 2.48. The maximum absolute atomic E-state index is 15.5. The lowest BCUT2D eigenvalue weighted by Gasteiger charge is -2.41. The van der Waals surface area contributed by atoms with Gasteiger partial charge in [-0.15, -0.1) is 0 Å². The van der Waals surface area contributed by atoms with Crippen molar-refractivity contribution in [3.05, 3.63) is 110 Å². The standard InChI is InChI=1S/C55H59FN10O15/c1-3-55(79)33-17-38-48-31(24-65(38)51(76)32(33)25-81-53(55)78)47-35(11-10-30-28(2)34(56)18-36(63-48)46(30)47)64-52(77)54(14-7-15-54)26-80-27-61-41(68)21-59-49(74)37(16-29-8-5-4-6-9-29)62-42(69)22-58-40(67)20-60-50(75)39(19-57-23-45(72)73)66-43(70)12-13-44(66)71/h4-6,8-9,12-13,17-18,35,37,39,57,79H,3,7,10-11,14-16,19-27H2,1-2H3,(H,58,67)(H,59,74)(H,60,75)(H,61,68)(H,62,69)(H,64,77)(H,72,73)/t35-,37+,39+,55+/m1/s1. The van der Waals surface area contributed by atoms with E-state index in [1.165, 1.54) is 10.6 Å². The quantitative estimate of drug-likeness (QED) is 0.0163. The molecule has 8 amide bonds. The number of esters is 1. The number of hydrogen-bond acceptors (Lipinski definition) is 16. The first-order valence-electron chi connectivity index (χ1n) is 26.3.